The van der Waals surface area contributed by atoms with Gasteiger partial charge in [-0.25, -0.2) is 4.98 Å². The molecule has 3 rings (SSSR count). The summed E-state index contributed by atoms with van der Waals surface area (Å²) in [6.07, 6.45) is -2.90. The molecule has 0 aliphatic rings. The molecule has 1 unspecified atom stereocenters. The molecule has 0 saturated heterocycles. The van der Waals surface area contributed by atoms with Gasteiger partial charge in [0.05, 0.1) is 16.6 Å². The van der Waals surface area contributed by atoms with E-state index in [0.717, 1.165) is 38.5 Å². The number of benzene rings is 1. The van der Waals surface area contributed by atoms with Gasteiger partial charge in [-0.2, -0.15) is 18.4 Å². The predicted octanol–water partition coefficient (Wildman–Crippen LogP) is 5.30. The molecule has 0 amide bonds. The van der Waals surface area contributed by atoms with Crippen molar-refractivity contribution >= 4 is 22.5 Å². The van der Waals surface area contributed by atoms with Crippen molar-refractivity contribution in [2.24, 2.45) is 0 Å². The number of imidazole rings is 1. The molecule has 0 aliphatic carbocycles. The van der Waals surface area contributed by atoms with E-state index in [4.69, 9.17) is 0 Å². The fraction of sp³-hybridized carbons (Fsp3) is 0.455. The van der Waals surface area contributed by atoms with Gasteiger partial charge >= 0.3 is 6.18 Å². The highest BCUT2D eigenvalue weighted by Gasteiger charge is 2.36. The second-order valence-corrected chi connectivity index (χ2v) is 7.40. The minimum Gasteiger partial charge on any atom is -0.369 e. The molecule has 30 heavy (non-hydrogen) atoms. The van der Waals surface area contributed by atoms with Gasteiger partial charge in [-0.1, -0.05) is 26.0 Å². The van der Waals surface area contributed by atoms with Gasteiger partial charge in [0.25, 0.3) is 0 Å². The van der Waals surface area contributed by atoms with Crippen LogP contribution in [0.5, 0.6) is 0 Å². The van der Waals surface area contributed by atoms with Crippen molar-refractivity contribution in [1.82, 2.24) is 14.3 Å². The Hall–Kier alpha value is -2.79. The van der Waals surface area contributed by atoms with Crippen LogP contribution in [0, 0.1) is 11.3 Å². The van der Waals surface area contributed by atoms with Gasteiger partial charge in [0.2, 0.25) is 0 Å². The second kappa shape index (κ2) is 8.92. The lowest BCUT2D eigenvalue weighted by Gasteiger charge is -2.21. The third-order valence-electron chi connectivity index (χ3n) is 5.39. The predicted molar refractivity (Wildman–Crippen MR) is 113 cm³/mol. The number of anilines is 1. The third kappa shape index (κ3) is 4.36. The summed E-state index contributed by atoms with van der Waals surface area (Å²) in [6, 6.07) is 9.79. The van der Waals surface area contributed by atoms with Gasteiger partial charge in [-0.05, 0) is 57.6 Å². The van der Waals surface area contributed by atoms with Crippen LogP contribution in [0.4, 0.5) is 19.0 Å². The molecular weight excluding hydrogens is 391 g/mol. The van der Waals surface area contributed by atoms with Gasteiger partial charge in [-0.3, -0.25) is 4.40 Å². The molecule has 0 radical (unpaired) electrons. The van der Waals surface area contributed by atoms with Crippen LogP contribution in [0.1, 0.15) is 44.7 Å². The van der Waals surface area contributed by atoms with Gasteiger partial charge in [0, 0.05) is 6.04 Å². The van der Waals surface area contributed by atoms with Crippen molar-refractivity contribution < 1.29 is 13.2 Å². The van der Waals surface area contributed by atoms with E-state index in [1.165, 1.54) is 0 Å². The standard InChI is InChI=1S/C22H26F3N5/c1-4-29(5-2)12-8-9-15(3)27-20-13-17(22(23,24)25)16(14-26)21-28-18-10-6-7-11-19(18)30(20)21/h6-7,10-11,13,15,27H,4-5,8-9,12H2,1-3H3. The van der Waals surface area contributed by atoms with Crippen molar-refractivity contribution in [3.8, 4) is 6.07 Å². The van der Waals surface area contributed by atoms with Crippen molar-refractivity contribution in [2.45, 2.75) is 45.8 Å². The molecule has 160 valence electrons. The SMILES string of the molecule is CCN(CC)CCCC(C)Nc1cc(C(F)(F)F)c(C#N)c2nc3ccccc3n12. The number of halogens is 3. The molecular formula is C22H26F3N5. The maximum atomic E-state index is 13.7. The summed E-state index contributed by atoms with van der Waals surface area (Å²) in [5.74, 6) is 0.292. The molecule has 0 aliphatic heterocycles. The lowest BCUT2D eigenvalue weighted by Crippen LogP contribution is -2.26. The maximum Gasteiger partial charge on any atom is 0.417 e. The molecule has 8 heteroatoms. The molecule has 2 heterocycles. The fourth-order valence-electron chi connectivity index (χ4n) is 3.76. The first-order chi connectivity index (χ1) is 14.3. The lowest BCUT2D eigenvalue weighted by atomic mass is 10.1. The van der Waals surface area contributed by atoms with Crippen LogP contribution in [0.25, 0.3) is 16.7 Å². The number of para-hydroxylation sites is 2. The molecule has 1 atom stereocenters. The minimum atomic E-state index is -4.65. The monoisotopic (exact) mass is 417 g/mol. The first-order valence-corrected chi connectivity index (χ1v) is 10.2. The summed E-state index contributed by atoms with van der Waals surface area (Å²) < 4.78 is 42.7. The Morgan fingerprint density at radius 3 is 2.57 bits per heavy atom. The topological polar surface area (TPSA) is 56.4 Å². The van der Waals surface area contributed by atoms with Crippen LogP contribution < -0.4 is 5.32 Å². The van der Waals surface area contributed by atoms with E-state index in [0.29, 0.717) is 16.9 Å². The number of nitrogens with zero attached hydrogens (tertiary/aromatic N) is 4. The number of pyridine rings is 1. The van der Waals surface area contributed by atoms with E-state index < -0.39 is 17.3 Å². The molecule has 0 spiro atoms. The fourth-order valence-corrected chi connectivity index (χ4v) is 3.76. The van der Waals surface area contributed by atoms with Gasteiger partial charge in [0.15, 0.2) is 5.65 Å². The number of nitriles is 1. The Kier molecular flexibility index (Phi) is 6.52. The lowest BCUT2D eigenvalue weighted by molar-refractivity contribution is -0.137. The Morgan fingerprint density at radius 2 is 1.93 bits per heavy atom. The smallest absolute Gasteiger partial charge is 0.369 e. The number of alkyl halides is 3. The number of hydrogen-bond acceptors (Lipinski definition) is 4. The van der Waals surface area contributed by atoms with E-state index >= 15 is 0 Å². The summed E-state index contributed by atoms with van der Waals surface area (Å²) in [7, 11) is 0. The van der Waals surface area contributed by atoms with Crippen LogP contribution in [-0.4, -0.2) is 40.0 Å². The molecule has 0 saturated carbocycles. The summed E-state index contributed by atoms with van der Waals surface area (Å²) in [6.45, 7) is 9.08. The zero-order valence-corrected chi connectivity index (χ0v) is 17.4. The van der Waals surface area contributed by atoms with Crippen LogP contribution in [0.2, 0.25) is 0 Å². The number of nitrogens with one attached hydrogen (secondary N) is 1. The number of hydrogen-bond donors (Lipinski definition) is 1. The number of fused-ring (bicyclic) bond motifs is 3. The summed E-state index contributed by atoms with van der Waals surface area (Å²) >= 11 is 0. The molecule has 1 aromatic carbocycles. The first kappa shape index (κ1) is 21.9. The van der Waals surface area contributed by atoms with E-state index in [-0.39, 0.29) is 11.7 Å². The van der Waals surface area contributed by atoms with E-state index in [1.54, 1.807) is 34.7 Å². The highest BCUT2D eigenvalue weighted by molar-refractivity contribution is 5.85. The van der Waals surface area contributed by atoms with E-state index in [2.05, 4.69) is 29.0 Å². The minimum absolute atomic E-state index is 0.0198. The Balaban J connectivity index is 2.02. The normalized spacial score (nSPS) is 13.1. The largest absolute Gasteiger partial charge is 0.417 e. The van der Waals surface area contributed by atoms with Crippen LogP contribution in [-0.2, 0) is 6.18 Å². The van der Waals surface area contributed by atoms with Crippen LogP contribution in [0.15, 0.2) is 30.3 Å². The molecule has 0 fully saturated rings. The zero-order chi connectivity index (χ0) is 21.9. The quantitative estimate of drug-likeness (QED) is 0.540. The molecule has 2 aromatic heterocycles. The number of aromatic nitrogens is 2. The van der Waals surface area contributed by atoms with Gasteiger partial charge in [0.1, 0.15) is 17.5 Å². The highest BCUT2D eigenvalue weighted by Crippen LogP contribution is 2.37. The molecule has 5 nitrogen and oxygen atoms in total. The molecule has 3 aromatic rings. The summed E-state index contributed by atoms with van der Waals surface area (Å²) in [4.78, 5) is 6.65. The summed E-state index contributed by atoms with van der Waals surface area (Å²) in [5, 5.41) is 12.7. The van der Waals surface area contributed by atoms with Crippen molar-refractivity contribution in [3.05, 3.63) is 41.5 Å². The first-order valence-electron chi connectivity index (χ1n) is 10.2. The Morgan fingerprint density at radius 1 is 1.23 bits per heavy atom. The highest BCUT2D eigenvalue weighted by atomic mass is 19.4. The summed E-state index contributed by atoms with van der Waals surface area (Å²) in [5.41, 5.74) is -0.198. The van der Waals surface area contributed by atoms with Crippen LogP contribution in [0.3, 0.4) is 0 Å². The molecule has 0 bridgehead atoms. The Bertz CT molecular complexity index is 1060. The second-order valence-electron chi connectivity index (χ2n) is 7.40. The van der Waals surface area contributed by atoms with E-state index in [9.17, 15) is 18.4 Å². The maximum absolute atomic E-state index is 13.7. The van der Waals surface area contributed by atoms with Crippen molar-refractivity contribution in [3.63, 3.8) is 0 Å². The average molecular weight is 417 g/mol. The van der Waals surface area contributed by atoms with Crippen LogP contribution >= 0.6 is 0 Å². The van der Waals surface area contributed by atoms with E-state index in [1.807, 2.05) is 6.92 Å². The average Bonchev–Trinajstić information content (AvgIpc) is 3.10. The van der Waals surface area contributed by atoms with Gasteiger partial charge < -0.3 is 10.2 Å². The zero-order valence-electron chi connectivity index (χ0n) is 17.4. The Labute approximate surface area is 174 Å². The molecule has 1 N–H and O–H groups in total. The number of rotatable bonds is 8. The van der Waals surface area contributed by atoms with Gasteiger partial charge in [-0.15, -0.1) is 0 Å². The van der Waals surface area contributed by atoms with Crippen molar-refractivity contribution in [1.29, 1.82) is 5.26 Å². The third-order valence-corrected chi connectivity index (χ3v) is 5.39. The van der Waals surface area contributed by atoms with Crippen molar-refractivity contribution in [2.75, 3.05) is 25.0 Å².